The molecule has 2 aromatic rings. The summed E-state index contributed by atoms with van der Waals surface area (Å²) in [6, 6.07) is 9.82. The normalized spacial score (nSPS) is 9.87. The quantitative estimate of drug-likeness (QED) is 0.762. The van der Waals surface area contributed by atoms with Crippen LogP contribution in [0.5, 0.6) is 5.75 Å². The second-order valence-electron chi connectivity index (χ2n) is 3.11. The number of pyridine rings is 1. The number of aromatic nitrogens is 1. The molecule has 1 N–H and O–H groups in total. The smallest absolute Gasteiger partial charge is 0.220 e. The van der Waals surface area contributed by atoms with Crippen LogP contribution in [0.1, 0.15) is 0 Å². The third-order valence-corrected chi connectivity index (χ3v) is 2.08. The fourth-order valence-electron chi connectivity index (χ4n) is 1.32. The summed E-state index contributed by atoms with van der Waals surface area (Å²) in [4.78, 5) is 15.0. The van der Waals surface area contributed by atoms with Crippen molar-refractivity contribution in [1.29, 1.82) is 0 Å². The first-order valence-electron chi connectivity index (χ1n) is 4.51. The Balaban J connectivity index is 2.61. The minimum atomic E-state index is -0.379. The van der Waals surface area contributed by atoms with E-state index in [0.29, 0.717) is 0 Å². The van der Waals surface area contributed by atoms with Gasteiger partial charge in [-0.3, -0.25) is 9.78 Å². The summed E-state index contributed by atoms with van der Waals surface area (Å²) in [6.45, 7) is 0. The molecule has 0 atom stereocenters. The number of hydrogen-bond donors (Lipinski definition) is 1. The summed E-state index contributed by atoms with van der Waals surface area (Å²) in [6.07, 6.45) is 3.33. The van der Waals surface area contributed by atoms with Gasteiger partial charge in [0, 0.05) is 12.4 Å². The van der Waals surface area contributed by atoms with Gasteiger partial charge in [-0.05, 0) is 35.4 Å². The van der Waals surface area contributed by atoms with Crippen molar-refractivity contribution in [2.45, 2.75) is 0 Å². The summed E-state index contributed by atoms with van der Waals surface area (Å²) in [5.41, 5.74) is 1.32. The van der Waals surface area contributed by atoms with Crippen molar-refractivity contribution in [2.24, 2.45) is 0 Å². The highest BCUT2D eigenvalue weighted by Crippen LogP contribution is 2.18. The van der Waals surface area contributed by atoms with E-state index < -0.39 is 0 Å². The van der Waals surface area contributed by atoms with Crippen LogP contribution < -0.4 is 5.43 Å². The molecule has 1 aromatic carbocycles. The Morgan fingerprint density at radius 1 is 1.00 bits per heavy atom. The molecule has 0 unspecified atom stereocenters. The predicted molar refractivity (Wildman–Crippen MR) is 57.6 cm³/mol. The molecule has 0 amide bonds. The van der Waals surface area contributed by atoms with Gasteiger partial charge in [-0.25, -0.2) is 0 Å². The Kier molecular flexibility index (Phi) is 2.46. The lowest BCUT2D eigenvalue weighted by Crippen LogP contribution is -1.91. The van der Waals surface area contributed by atoms with E-state index in [4.69, 9.17) is 0 Å². The van der Waals surface area contributed by atoms with E-state index in [0.717, 1.165) is 11.1 Å². The third kappa shape index (κ3) is 2.02. The van der Waals surface area contributed by atoms with Crippen LogP contribution in [0.25, 0.3) is 11.1 Å². The summed E-state index contributed by atoms with van der Waals surface area (Å²) < 4.78 is 0. The van der Waals surface area contributed by atoms with Crippen molar-refractivity contribution in [3.8, 4) is 16.9 Å². The number of nitrogens with zero attached hydrogens (tertiary/aromatic N) is 1. The predicted octanol–water partition coefficient (Wildman–Crippen LogP) is 1.81. The summed E-state index contributed by atoms with van der Waals surface area (Å²) >= 11 is 0. The van der Waals surface area contributed by atoms with Gasteiger partial charge in [-0.1, -0.05) is 12.1 Å². The van der Waals surface area contributed by atoms with Crippen LogP contribution in [0.15, 0.2) is 53.6 Å². The Morgan fingerprint density at radius 2 is 1.73 bits per heavy atom. The van der Waals surface area contributed by atoms with Gasteiger partial charge < -0.3 is 5.11 Å². The molecule has 0 aliphatic carbocycles. The maximum Gasteiger partial charge on any atom is 0.220 e. The monoisotopic (exact) mass is 199 g/mol. The van der Waals surface area contributed by atoms with E-state index >= 15 is 0 Å². The van der Waals surface area contributed by atoms with Gasteiger partial charge in [-0.2, -0.15) is 0 Å². The van der Waals surface area contributed by atoms with Crippen molar-refractivity contribution < 1.29 is 5.11 Å². The minimum Gasteiger partial charge on any atom is -0.504 e. The Hall–Kier alpha value is -2.16. The van der Waals surface area contributed by atoms with Crippen LogP contribution in [0.4, 0.5) is 0 Å². The molecule has 3 nitrogen and oxygen atoms in total. The molecule has 15 heavy (non-hydrogen) atoms. The van der Waals surface area contributed by atoms with Crippen molar-refractivity contribution in [1.82, 2.24) is 4.98 Å². The molecule has 0 bridgehead atoms. The van der Waals surface area contributed by atoms with Crippen LogP contribution in [0.3, 0.4) is 0 Å². The second kappa shape index (κ2) is 3.92. The van der Waals surface area contributed by atoms with Crippen molar-refractivity contribution in [3.05, 3.63) is 59.0 Å². The lowest BCUT2D eigenvalue weighted by atomic mass is 10.1. The number of aromatic hydroxyl groups is 1. The largest absolute Gasteiger partial charge is 0.504 e. The van der Waals surface area contributed by atoms with E-state index in [1.807, 2.05) is 12.1 Å². The van der Waals surface area contributed by atoms with Crippen LogP contribution in [0, 0.1) is 0 Å². The van der Waals surface area contributed by atoms with Crippen LogP contribution in [-0.4, -0.2) is 10.1 Å². The van der Waals surface area contributed by atoms with E-state index in [9.17, 15) is 9.90 Å². The van der Waals surface area contributed by atoms with Crippen LogP contribution in [-0.2, 0) is 0 Å². The lowest BCUT2D eigenvalue weighted by Gasteiger charge is -1.96. The summed E-state index contributed by atoms with van der Waals surface area (Å²) in [5, 5.41) is 9.39. The first kappa shape index (κ1) is 9.40. The molecule has 0 radical (unpaired) electrons. The molecule has 0 spiro atoms. The molecular formula is C12H9NO2. The fourth-order valence-corrected chi connectivity index (χ4v) is 1.32. The molecule has 0 saturated heterocycles. The minimum absolute atomic E-state index is 0.244. The lowest BCUT2D eigenvalue weighted by molar-refractivity contribution is 0.471. The Bertz CT molecular complexity index is 523. The second-order valence-corrected chi connectivity index (χ2v) is 3.11. The van der Waals surface area contributed by atoms with E-state index in [-0.39, 0.29) is 11.2 Å². The van der Waals surface area contributed by atoms with Gasteiger partial charge in [0.15, 0.2) is 5.75 Å². The highest BCUT2D eigenvalue weighted by atomic mass is 16.3. The molecule has 1 aromatic heterocycles. The maximum atomic E-state index is 11.1. The SMILES string of the molecule is O=c1cccc(-c2ccncc2)cc1O. The highest BCUT2D eigenvalue weighted by molar-refractivity contribution is 5.63. The van der Waals surface area contributed by atoms with Crippen LogP contribution in [0.2, 0.25) is 0 Å². The fraction of sp³-hybridized carbons (Fsp3) is 0. The van der Waals surface area contributed by atoms with E-state index in [2.05, 4.69) is 4.98 Å². The van der Waals surface area contributed by atoms with Gasteiger partial charge in [0.2, 0.25) is 5.43 Å². The van der Waals surface area contributed by atoms with Gasteiger partial charge >= 0.3 is 0 Å². The van der Waals surface area contributed by atoms with Gasteiger partial charge in [-0.15, -0.1) is 0 Å². The molecule has 0 saturated carbocycles. The average molecular weight is 199 g/mol. The van der Waals surface area contributed by atoms with Crippen molar-refractivity contribution in [2.75, 3.05) is 0 Å². The van der Waals surface area contributed by atoms with Gasteiger partial charge in [0.05, 0.1) is 0 Å². The molecule has 0 fully saturated rings. The first-order chi connectivity index (χ1) is 7.27. The maximum absolute atomic E-state index is 11.1. The number of rotatable bonds is 1. The first-order valence-corrected chi connectivity index (χ1v) is 4.51. The van der Waals surface area contributed by atoms with Crippen molar-refractivity contribution >= 4 is 0 Å². The van der Waals surface area contributed by atoms with Gasteiger partial charge in [0.25, 0.3) is 0 Å². The van der Waals surface area contributed by atoms with Crippen molar-refractivity contribution in [3.63, 3.8) is 0 Å². The molecule has 0 aliphatic heterocycles. The van der Waals surface area contributed by atoms with Crippen LogP contribution >= 0.6 is 0 Å². The number of hydrogen-bond acceptors (Lipinski definition) is 3. The average Bonchev–Trinajstić information content (AvgIpc) is 2.43. The molecule has 0 aliphatic rings. The summed E-state index contributed by atoms with van der Waals surface area (Å²) in [5.74, 6) is -0.244. The van der Waals surface area contributed by atoms with E-state index in [1.165, 1.54) is 12.1 Å². The zero-order valence-corrected chi connectivity index (χ0v) is 7.92. The van der Waals surface area contributed by atoms with E-state index in [1.54, 1.807) is 24.5 Å². The zero-order valence-electron chi connectivity index (χ0n) is 7.92. The molecule has 1 heterocycles. The molecule has 74 valence electrons. The third-order valence-electron chi connectivity index (χ3n) is 2.08. The topological polar surface area (TPSA) is 50.2 Å². The van der Waals surface area contributed by atoms with Gasteiger partial charge in [0.1, 0.15) is 0 Å². The molecular weight excluding hydrogens is 190 g/mol. The standard InChI is InChI=1S/C12H9NO2/c14-11-3-1-2-10(8-12(11)15)9-4-6-13-7-5-9/h1-8H,(H,14,15). The highest BCUT2D eigenvalue weighted by Gasteiger charge is 1.98. The summed E-state index contributed by atoms with van der Waals surface area (Å²) in [7, 11) is 0. The molecule has 2 rings (SSSR count). The molecule has 3 heteroatoms. The zero-order chi connectivity index (χ0) is 10.7. The Labute approximate surface area is 86.7 Å². The Morgan fingerprint density at radius 3 is 2.47 bits per heavy atom.